The highest BCUT2D eigenvalue weighted by molar-refractivity contribution is 5.91. The van der Waals surface area contributed by atoms with Crippen LogP contribution in [0, 0.1) is 0 Å². The molecule has 0 radical (unpaired) electrons. The van der Waals surface area contributed by atoms with Gasteiger partial charge in [-0.2, -0.15) is 0 Å². The van der Waals surface area contributed by atoms with Crippen LogP contribution in [-0.4, -0.2) is 37.1 Å². The van der Waals surface area contributed by atoms with E-state index in [9.17, 15) is 4.79 Å². The summed E-state index contributed by atoms with van der Waals surface area (Å²) in [4.78, 5) is 12.5. The largest absolute Gasteiger partial charge is 0.503 e. The Morgan fingerprint density at radius 2 is 2.08 bits per heavy atom. The average Bonchev–Trinajstić information content (AvgIpc) is 2.02. The molecule has 1 amide bonds. The molecule has 0 aromatic carbocycles. The number of nitrogens with zero attached hydrogens (tertiary/aromatic N) is 1. The lowest BCUT2D eigenvalue weighted by atomic mass is 10.3. The lowest BCUT2D eigenvalue weighted by Gasteiger charge is -2.11. The molecule has 4 nitrogen and oxygen atoms in total. The summed E-state index contributed by atoms with van der Waals surface area (Å²) in [6.45, 7) is 3.62. The fraction of sp³-hybridized carbons (Fsp3) is 0.375. The Bertz CT molecular complexity index is 219. The summed E-state index contributed by atoms with van der Waals surface area (Å²) in [5.41, 5.74) is 0.566. The minimum absolute atomic E-state index is 0.337. The van der Waals surface area contributed by atoms with E-state index in [1.165, 1.54) is 13.1 Å². The first-order chi connectivity index (χ1) is 5.49. The molecule has 0 saturated heterocycles. The van der Waals surface area contributed by atoms with Gasteiger partial charge in [0.15, 0.2) is 5.76 Å². The van der Waals surface area contributed by atoms with Crippen LogP contribution in [0.15, 0.2) is 24.1 Å². The van der Waals surface area contributed by atoms with Crippen LogP contribution in [0.5, 0.6) is 0 Å². The van der Waals surface area contributed by atoms with Crippen molar-refractivity contribution < 1.29 is 9.90 Å². The molecule has 0 bridgehead atoms. The van der Waals surface area contributed by atoms with Crippen LogP contribution in [0.25, 0.3) is 0 Å². The second-order valence-electron chi connectivity index (χ2n) is 2.49. The third-order valence-electron chi connectivity index (χ3n) is 1.34. The molecule has 0 aromatic heterocycles. The van der Waals surface area contributed by atoms with Crippen LogP contribution in [0.3, 0.4) is 0 Å². The number of likely N-dealkylation sites (N-methyl/N-ethyl adjacent to an activating group) is 2. The highest BCUT2D eigenvalue weighted by atomic mass is 16.3. The zero-order valence-electron chi connectivity index (χ0n) is 7.59. The molecule has 2 N–H and O–H groups in total. The van der Waals surface area contributed by atoms with Crippen molar-refractivity contribution in [1.82, 2.24) is 10.2 Å². The molecular formula is C8H14N2O2. The zero-order valence-corrected chi connectivity index (χ0v) is 7.59. The molecular weight excluding hydrogens is 156 g/mol. The van der Waals surface area contributed by atoms with Gasteiger partial charge in [0.1, 0.15) is 0 Å². The maximum Gasteiger partial charge on any atom is 0.285 e. The number of aliphatic hydroxyl groups is 1. The van der Waals surface area contributed by atoms with Crippen molar-refractivity contribution in [3.63, 3.8) is 0 Å². The Kier molecular flexibility index (Phi) is 3.90. The normalized spacial score (nSPS) is 10.8. The van der Waals surface area contributed by atoms with Crippen LogP contribution >= 0.6 is 0 Å². The number of amides is 1. The Morgan fingerprint density at radius 3 is 2.42 bits per heavy atom. The molecule has 0 aromatic rings. The Balaban J connectivity index is 4.36. The van der Waals surface area contributed by atoms with Crippen molar-refractivity contribution in [2.24, 2.45) is 0 Å². The molecule has 0 aliphatic rings. The first kappa shape index (κ1) is 10.6. The minimum atomic E-state index is -0.516. The lowest BCUT2D eigenvalue weighted by Crippen LogP contribution is -2.20. The maximum atomic E-state index is 10.8. The topological polar surface area (TPSA) is 52.6 Å². The summed E-state index contributed by atoms with van der Waals surface area (Å²) in [5, 5.41) is 11.4. The average molecular weight is 170 g/mol. The number of carbonyl (C=O) groups is 1. The van der Waals surface area contributed by atoms with Crippen molar-refractivity contribution in [2.45, 2.75) is 0 Å². The van der Waals surface area contributed by atoms with E-state index in [-0.39, 0.29) is 5.76 Å². The fourth-order valence-corrected chi connectivity index (χ4v) is 0.481. The van der Waals surface area contributed by atoms with Gasteiger partial charge in [0.2, 0.25) is 0 Å². The van der Waals surface area contributed by atoms with E-state index in [0.29, 0.717) is 5.70 Å². The van der Waals surface area contributed by atoms with Crippen LogP contribution in [0.4, 0.5) is 0 Å². The number of carbonyl (C=O) groups excluding carboxylic acids is 1. The summed E-state index contributed by atoms with van der Waals surface area (Å²) in [7, 11) is 5.00. The van der Waals surface area contributed by atoms with Gasteiger partial charge in [-0.1, -0.05) is 6.58 Å². The minimum Gasteiger partial charge on any atom is -0.503 e. The van der Waals surface area contributed by atoms with Crippen LogP contribution in [0.2, 0.25) is 0 Å². The molecule has 0 rings (SSSR count). The highest BCUT2D eigenvalue weighted by Crippen LogP contribution is 2.00. The molecule has 0 spiro atoms. The van der Waals surface area contributed by atoms with Crippen LogP contribution in [0.1, 0.15) is 0 Å². The van der Waals surface area contributed by atoms with E-state index < -0.39 is 5.91 Å². The molecule has 4 heteroatoms. The Morgan fingerprint density at radius 1 is 1.58 bits per heavy atom. The highest BCUT2D eigenvalue weighted by Gasteiger charge is 2.04. The van der Waals surface area contributed by atoms with E-state index in [1.807, 2.05) is 0 Å². The summed E-state index contributed by atoms with van der Waals surface area (Å²) in [6, 6.07) is 0. The first-order valence-corrected chi connectivity index (χ1v) is 3.48. The van der Waals surface area contributed by atoms with Gasteiger partial charge < -0.3 is 15.3 Å². The van der Waals surface area contributed by atoms with Gasteiger partial charge in [0.05, 0.1) is 0 Å². The number of hydrogen-bond acceptors (Lipinski definition) is 3. The molecule has 0 saturated carbocycles. The fourth-order valence-electron chi connectivity index (χ4n) is 0.481. The molecule has 68 valence electrons. The van der Waals surface area contributed by atoms with E-state index >= 15 is 0 Å². The van der Waals surface area contributed by atoms with Gasteiger partial charge in [-0.15, -0.1) is 0 Å². The van der Waals surface area contributed by atoms with Gasteiger partial charge >= 0.3 is 0 Å². The smallest absolute Gasteiger partial charge is 0.285 e. The predicted molar refractivity (Wildman–Crippen MR) is 47.6 cm³/mol. The van der Waals surface area contributed by atoms with Gasteiger partial charge in [-0.05, 0) is 0 Å². The standard InChI is InChI=1S/C8H14N2O2/c1-6(10(3)4)5-7(11)8(12)9-2/h5,11H,1H2,2-4H3,(H,9,12)/b7-5-. The van der Waals surface area contributed by atoms with Crippen molar-refractivity contribution >= 4 is 5.91 Å². The number of nitrogens with one attached hydrogen (secondary N) is 1. The number of aliphatic hydroxyl groups excluding tert-OH is 1. The van der Waals surface area contributed by atoms with Gasteiger partial charge in [-0.3, -0.25) is 4.79 Å². The zero-order chi connectivity index (χ0) is 9.72. The van der Waals surface area contributed by atoms with Crippen molar-refractivity contribution in [3.05, 3.63) is 24.1 Å². The molecule has 0 atom stereocenters. The molecule has 0 aliphatic heterocycles. The Labute approximate surface area is 72.2 Å². The first-order valence-electron chi connectivity index (χ1n) is 3.48. The molecule has 12 heavy (non-hydrogen) atoms. The maximum absolute atomic E-state index is 10.8. The number of allylic oxidation sites excluding steroid dienone is 1. The van der Waals surface area contributed by atoms with E-state index in [2.05, 4.69) is 11.9 Å². The van der Waals surface area contributed by atoms with Crippen molar-refractivity contribution in [2.75, 3.05) is 21.1 Å². The number of hydrogen-bond donors (Lipinski definition) is 2. The summed E-state index contributed by atoms with van der Waals surface area (Å²) >= 11 is 0. The van der Waals surface area contributed by atoms with Crippen molar-refractivity contribution in [3.8, 4) is 0 Å². The predicted octanol–water partition coefficient (Wildman–Crippen LogP) is 0.250. The van der Waals surface area contributed by atoms with E-state index in [0.717, 1.165) is 0 Å². The summed E-state index contributed by atoms with van der Waals surface area (Å²) in [5.74, 6) is -0.853. The summed E-state index contributed by atoms with van der Waals surface area (Å²) in [6.07, 6.45) is 1.30. The second kappa shape index (κ2) is 4.43. The van der Waals surface area contributed by atoms with E-state index in [4.69, 9.17) is 5.11 Å². The third kappa shape index (κ3) is 3.09. The molecule has 0 aliphatic carbocycles. The monoisotopic (exact) mass is 170 g/mol. The molecule has 0 fully saturated rings. The van der Waals surface area contributed by atoms with Crippen LogP contribution < -0.4 is 5.32 Å². The van der Waals surface area contributed by atoms with Gasteiger partial charge in [0.25, 0.3) is 5.91 Å². The van der Waals surface area contributed by atoms with Crippen LogP contribution in [-0.2, 0) is 4.79 Å². The van der Waals surface area contributed by atoms with Gasteiger partial charge in [0, 0.05) is 32.9 Å². The SMILES string of the molecule is C=C(/C=C(\O)C(=O)NC)N(C)C. The quantitative estimate of drug-likeness (QED) is 0.362. The second-order valence-corrected chi connectivity index (χ2v) is 2.49. The number of rotatable bonds is 3. The third-order valence-corrected chi connectivity index (χ3v) is 1.34. The van der Waals surface area contributed by atoms with Crippen molar-refractivity contribution in [1.29, 1.82) is 0 Å². The van der Waals surface area contributed by atoms with Gasteiger partial charge in [-0.25, -0.2) is 0 Å². The summed E-state index contributed by atoms with van der Waals surface area (Å²) < 4.78 is 0. The molecule has 0 heterocycles. The van der Waals surface area contributed by atoms with E-state index in [1.54, 1.807) is 19.0 Å². The molecule has 0 unspecified atom stereocenters. The lowest BCUT2D eigenvalue weighted by molar-refractivity contribution is -0.119. The Hall–Kier alpha value is -1.45.